The van der Waals surface area contributed by atoms with E-state index in [2.05, 4.69) is 0 Å². The van der Waals surface area contributed by atoms with Crippen molar-refractivity contribution in [3.63, 3.8) is 0 Å². The first-order chi connectivity index (χ1) is 35.9. The predicted molar refractivity (Wildman–Crippen MR) is 256 cm³/mol. The molecule has 2 fully saturated rings. The van der Waals surface area contributed by atoms with E-state index in [0.29, 0.717) is 0 Å². The maximum Gasteiger partial charge on any atom is 0.338 e. The van der Waals surface area contributed by atoms with Crippen LogP contribution < -0.4 is 0 Å². The third-order valence-electron chi connectivity index (χ3n) is 11.6. The fourth-order valence-electron chi connectivity index (χ4n) is 8.01. The molecular formula is C56H48O18. The van der Waals surface area contributed by atoms with Gasteiger partial charge in [0.05, 0.1) is 40.0 Å². The number of esters is 7. The second-order valence-corrected chi connectivity index (χ2v) is 16.7. The van der Waals surface area contributed by atoms with E-state index in [0.717, 1.165) is 6.92 Å². The van der Waals surface area contributed by atoms with Crippen molar-refractivity contribution in [3.05, 3.63) is 215 Å². The Balaban J connectivity index is 1.17. The summed E-state index contributed by atoms with van der Waals surface area (Å²) in [5.74, 6) is -6.53. The molecule has 0 unspecified atom stereocenters. The monoisotopic (exact) mass is 1010 g/mol. The highest BCUT2D eigenvalue weighted by Crippen LogP contribution is 2.34. The number of aliphatic hydroxyl groups excluding tert-OH is 1. The molecule has 6 aromatic carbocycles. The highest BCUT2D eigenvalue weighted by molar-refractivity contribution is 5.92. The standard InChI is InChI=1S/C56H48O18/c1-34(57)67-48-46(73-53(62)39-28-16-6-17-29-39)44(71-51(60)37-24-12-4-13-25-37)42(32-65-49(58)35-20-8-2-9-21-35)69-56(48)66-33-41-43(70-50(59)36-22-10-3-11-23-36)45(72-52(61)38-26-14-5-15-27-38)47(55(64)68-41)74-54(63)40-30-18-7-19-31-40/h2-31,41-48,55-56,64H,32-33H2,1H3/t41-,42-,43-,44-,45+,46+,47+,48+,55+,56+/m1/s1. The molecule has 380 valence electrons. The molecule has 10 atom stereocenters. The number of rotatable bonds is 17. The molecule has 0 aromatic heterocycles. The number of benzene rings is 6. The number of hydrogen-bond donors (Lipinski definition) is 1. The van der Waals surface area contributed by atoms with E-state index in [1.54, 1.807) is 109 Å². The normalized spacial score (nSPS) is 23.2. The Kier molecular flexibility index (Phi) is 17.3. The van der Waals surface area contributed by atoms with Gasteiger partial charge in [-0.15, -0.1) is 0 Å². The van der Waals surface area contributed by atoms with Crippen LogP contribution in [0.4, 0.5) is 0 Å². The van der Waals surface area contributed by atoms with Gasteiger partial charge in [0.25, 0.3) is 0 Å². The third-order valence-corrected chi connectivity index (χ3v) is 11.6. The first-order valence-electron chi connectivity index (χ1n) is 23.2. The minimum atomic E-state index is -2.10. The summed E-state index contributed by atoms with van der Waals surface area (Å²) in [5.41, 5.74) is 0.410. The summed E-state index contributed by atoms with van der Waals surface area (Å²) in [4.78, 5) is 95.8. The van der Waals surface area contributed by atoms with E-state index in [1.807, 2.05) is 0 Å². The highest BCUT2D eigenvalue weighted by Gasteiger charge is 2.56. The van der Waals surface area contributed by atoms with Gasteiger partial charge in [-0.25, -0.2) is 28.8 Å². The van der Waals surface area contributed by atoms with Crippen LogP contribution in [0.5, 0.6) is 0 Å². The van der Waals surface area contributed by atoms with E-state index >= 15 is 0 Å². The van der Waals surface area contributed by atoms with Gasteiger partial charge in [-0.3, -0.25) is 4.79 Å². The average Bonchev–Trinajstić information content (AvgIpc) is 3.43. The van der Waals surface area contributed by atoms with Crippen molar-refractivity contribution in [2.45, 2.75) is 68.3 Å². The molecule has 2 saturated heterocycles. The van der Waals surface area contributed by atoms with Crippen LogP contribution >= 0.6 is 0 Å². The van der Waals surface area contributed by atoms with Gasteiger partial charge in [-0.1, -0.05) is 109 Å². The molecule has 18 nitrogen and oxygen atoms in total. The Labute approximate surface area is 423 Å². The zero-order valence-electron chi connectivity index (χ0n) is 39.4. The first-order valence-corrected chi connectivity index (χ1v) is 23.2. The van der Waals surface area contributed by atoms with E-state index in [4.69, 9.17) is 47.4 Å². The number of aliphatic hydroxyl groups is 1. The first kappa shape index (κ1) is 51.8. The van der Waals surface area contributed by atoms with Crippen molar-refractivity contribution in [1.82, 2.24) is 0 Å². The van der Waals surface area contributed by atoms with Crippen LogP contribution in [0, 0.1) is 0 Å². The zero-order valence-corrected chi connectivity index (χ0v) is 39.4. The van der Waals surface area contributed by atoms with Crippen molar-refractivity contribution < 1.29 is 86.0 Å². The van der Waals surface area contributed by atoms with Gasteiger partial charge in [0, 0.05) is 6.92 Å². The average molecular weight is 1010 g/mol. The lowest BCUT2D eigenvalue weighted by Gasteiger charge is -2.46. The largest absolute Gasteiger partial charge is 0.459 e. The van der Waals surface area contributed by atoms with Gasteiger partial charge in [0.2, 0.25) is 0 Å². The van der Waals surface area contributed by atoms with Gasteiger partial charge in [-0.05, 0) is 72.8 Å². The van der Waals surface area contributed by atoms with Gasteiger partial charge in [-0.2, -0.15) is 0 Å². The molecule has 1 N–H and O–H groups in total. The fourth-order valence-corrected chi connectivity index (χ4v) is 8.01. The topological polar surface area (TPSA) is 232 Å². The minimum Gasteiger partial charge on any atom is -0.459 e. The van der Waals surface area contributed by atoms with Crippen molar-refractivity contribution >= 4 is 41.8 Å². The maximum absolute atomic E-state index is 14.0. The summed E-state index contributed by atoms with van der Waals surface area (Å²) in [7, 11) is 0. The molecule has 6 aromatic rings. The lowest BCUT2D eigenvalue weighted by molar-refractivity contribution is -0.324. The van der Waals surface area contributed by atoms with Crippen LogP contribution in [0.2, 0.25) is 0 Å². The SMILES string of the molecule is CC(=O)O[C@@H]1[C@@H](OC[C@H]2O[C@H](O)[C@@H](OC(=O)c3ccccc3)[C@@H](OC(=O)c3ccccc3)[C@@H]2OC(=O)c2ccccc2)O[C@H](COC(=O)c2ccccc2)[C@@H](OC(=O)c2ccccc2)[C@@H]1OC(=O)c1ccccc1. The van der Waals surface area contributed by atoms with Gasteiger partial charge < -0.3 is 52.5 Å². The number of ether oxygens (including phenoxy) is 10. The van der Waals surface area contributed by atoms with E-state index < -0.39 is 116 Å². The zero-order chi connectivity index (χ0) is 52.0. The summed E-state index contributed by atoms with van der Waals surface area (Å²) in [6.45, 7) is -0.405. The second kappa shape index (κ2) is 24.7. The molecule has 0 radical (unpaired) electrons. The van der Waals surface area contributed by atoms with E-state index in [-0.39, 0.29) is 33.4 Å². The number of hydrogen-bond acceptors (Lipinski definition) is 18. The van der Waals surface area contributed by atoms with Crippen LogP contribution in [0.15, 0.2) is 182 Å². The molecule has 0 spiro atoms. The molecule has 74 heavy (non-hydrogen) atoms. The molecule has 0 aliphatic carbocycles. The molecule has 8 rings (SSSR count). The molecule has 18 heteroatoms. The Hall–Kier alpha value is -8.55. The van der Waals surface area contributed by atoms with Gasteiger partial charge in [0.15, 0.2) is 49.2 Å². The highest BCUT2D eigenvalue weighted by atomic mass is 16.7. The fraction of sp³-hybridized carbons (Fsp3) is 0.232. The molecule has 2 aliphatic rings. The van der Waals surface area contributed by atoms with Gasteiger partial charge >= 0.3 is 41.8 Å². The Morgan fingerprint density at radius 1 is 0.365 bits per heavy atom. The maximum atomic E-state index is 14.0. The number of carbonyl (C=O) groups excluding carboxylic acids is 7. The number of carbonyl (C=O) groups is 7. The van der Waals surface area contributed by atoms with E-state index in [1.165, 1.54) is 72.8 Å². The molecule has 2 aliphatic heterocycles. The van der Waals surface area contributed by atoms with Crippen LogP contribution in [-0.2, 0) is 52.2 Å². The summed E-state index contributed by atoms with van der Waals surface area (Å²) >= 11 is 0. The smallest absolute Gasteiger partial charge is 0.338 e. The van der Waals surface area contributed by atoms with Crippen LogP contribution in [0.25, 0.3) is 0 Å². The van der Waals surface area contributed by atoms with Crippen molar-refractivity contribution in [2.75, 3.05) is 13.2 Å². The second-order valence-electron chi connectivity index (χ2n) is 16.7. The van der Waals surface area contributed by atoms with Crippen molar-refractivity contribution in [1.29, 1.82) is 0 Å². The van der Waals surface area contributed by atoms with Crippen LogP contribution in [-0.4, -0.2) is 122 Å². The predicted octanol–water partition coefficient (Wildman–Crippen LogP) is 6.36. The lowest BCUT2D eigenvalue weighted by atomic mass is 9.96. The Morgan fingerprint density at radius 3 is 1.01 bits per heavy atom. The quantitative estimate of drug-likeness (QED) is 0.0773. The molecule has 2 heterocycles. The summed E-state index contributed by atoms with van der Waals surface area (Å²) in [6, 6.07) is 46.5. The molecule has 0 saturated carbocycles. The summed E-state index contributed by atoms with van der Waals surface area (Å²) in [5, 5.41) is 11.7. The summed E-state index contributed by atoms with van der Waals surface area (Å²) < 4.78 is 60.2. The third kappa shape index (κ3) is 13.1. The Morgan fingerprint density at radius 2 is 0.662 bits per heavy atom. The van der Waals surface area contributed by atoms with Gasteiger partial charge in [0.1, 0.15) is 18.8 Å². The lowest BCUT2D eigenvalue weighted by Crippen LogP contribution is -2.65. The van der Waals surface area contributed by atoms with Crippen molar-refractivity contribution in [3.8, 4) is 0 Å². The summed E-state index contributed by atoms with van der Waals surface area (Å²) in [6.07, 6.45) is -17.8. The molecule has 0 bridgehead atoms. The van der Waals surface area contributed by atoms with Crippen molar-refractivity contribution in [2.24, 2.45) is 0 Å². The molecular weight excluding hydrogens is 961 g/mol. The van der Waals surface area contributed by atoms with E-state index in [9.17, 15) is 38.7 Å². The minimum absolute atomic E-state index is 0.0417. The molecule has 0 amide bonds. The van der Waals surface area contributed by atoms with Crippen LogP contribution in [0.1, 0.15) is 69.1 Å². The Bertz CT molecular complexity index is 2850. The van der Waals surface area contributed by atoms with Crippen LogP contribution in [0.3, 0.4) is 0 Å².